The molecule has 1 rings (SSSR count). The summed E-state index contributed by atoms with van der Waals surface area (Å²) < 4.78 is 0. The normalized spacial score (nSPS) is 10.3. The molecule has 0 saturated heterocycles. The minimum atomic E-state index is 0.231. The SMILES string of the molecule is CCCCCC(=O)N(CC)Cc1ccccc1N. The maximum Gasteiger partial charge on any atom is 0.222 e. The lowest BCUT2D eigenvalue weighted by Crippen LogP contribution is -2.30. The summed E-state index contributed by atoms with van der Waals surface area (Å²) >= 11 is 0. The van der Waals surface area contributed by atoms with Gasteiger partial charge in [0.05, 0.1) is 0 Å². The van der Waals surface area contributed by atoms with Gasteiger partial charge in [-0.15, -0.1) is 0 Å². The van der Waals surface area contributed by atoms with Crippen LogP contribution in [0.15, 0.2) is 24.3 Å². The van der Waals surface area contributed by atoms with Gasteiger partial charge >= 0.3 is 0 Å². The second kappa shape index (κ2) is 7.75. The molecular weight excluding hydrogens is 224 g/mol. The Labute approximate surface area is 110 Å². The molecule has 2 N–H and O–H groups in total. The van der Waals surface area contributed by atoms with Crippen molar-refractivity contribution >= 4 is 11.6 Å². The van der Waals surface area contributed by atoms with Crippen LogP contribution in [0.3, 0.4) is 0 Å². The van der Waals surface area contributed by atoms with Gasteiger partial charge in [0.2, 0.25) is 5.91 Å². The molecule has 1 aromatic carbocycles. The number of anilines is 1. The van der Waals surface area contributed by atoms with Crippen LogP contribution in [-0.2, 0) is 11.3 Å². The van der Waals surface area contributed by atoms with Gasteiger partial charge in [-0.1, -0.05) is 38.0 Å². The highest BCUT2D eigenvalue weighted by molar-refractivity contribution is 5.76. The van der Waals surface area contributed by atoms with Gasteiger partial charge in [-0.05, 0) is 25.0 Å². The van der Waals surface area contributed by atoms with Crippen LogP contribution >= 0.6 is 0 Å². The molecule has 100 valence electrons. The minimum Gasteiger partial charge on any atom is -0.398 e. The van der Waals surface area contributed by atoms with E-state index in [-0.39, 0.29) is 5.91 Å². The summed E-state index contributed by atoms with van der Waals surface area (Å²) in [4.78, 5) is 13.9. The predicted molar refractivity (Wildman–Crippen MR) is 76.1 cm³/mol. The van der Waals surface area contributed by atoms with E-state index in [1.165, 1.54) is 0 Å². The van der Waals surface area contributed by atoms with Crippen LogP contribution in [0.4, 0.5) is 5.69 Å². The maximum atomic E-state index is 12.0. The average molecular weight is 248 g/mol. The van der Waals surface area contributed by atoms with Gasteiger partial charge in [-0.25, -0.2) is 0 Å². The fourth-order valence-electron chi connectivity index (χ4n) is 1.94. The van der Waals surface area contributed by atoms with Crippen LogP contribution in [0.2, 0.25) is 0 Å². The van der Waals surface area contributed by atoms with Gasteiger partial charge in [-0.3, -0.25) is 4.79 Å². The number of unbranched alkanes of at least 4 members (excludes halogenated alkanes) is 2. The Morgan fingerprint density at radius 1 is 1.22 bits per heavy atom. The molecule has 0 aliphatic rings. The molecule has 0 radical (unpaired) electrons. The number of carbonyl (C=O) groups excluding carboxylic acids is 1. The molecule has 18 heavy (non-hydrogen) atoms. The van der Waals surface area contributed by atoms with E-state index in [0.29, 0.717) is 13.0 Å². The van der Waals surface area contributed by atoms with Gasteiger partial charge in [0.25, 0.3) is 0 Å². The smallest absolute Gasteiger partial charge is 0.222 e. The van der Waals surface area contributed by atoms with Crippen molar-refractivity contribution in [2.45, 2.75) is 46.1 Å². The van der Waals surface area contributed by atoms with Gasteiger partial charge in [0.15, 0.2) is 0 Å². The molecule has 0 bridgehead atoms. The number of benzene rings is 1. The Hall–Kier alpha value is -1.51. The number of amides is 1. The molecule has 0 aromatic heterocycles. The van der Waals surface area contributed by atoms with Gasteiger partial charge in [-0.2, -0.15) is 0 Å². The summed E-state index contributed by atoms with van der Waals surface area (Å²) in [5.41, 5.74) is 7.70. The molecule has 0 fully saturated rings. The fourth-order valence-corrected chi connectivity index (χ4v) is 1.94. The quantitative estimate of drug-likeness (QED) is 0.595. The predicted octanol–water partition coefficient (Wildman–Crippen LogP) is 3.20. The molecule has 0 spiro atoms. The largest absolute Gasteiger partial charge is 0.398 e. The van der Waals surface area contributed by atoms with Crippen molar-refractivity contribution in [3.63, 3.8) is 0 Å². The standard InChI is InChI=1S/C15H24N2O/c1-3-5-6-11-15(18)17(4-2)12-13-9-7-8-10-14(13)16/h7-10H,3-6,11-12,16H2,1-2H3. The highest BCUT2D eigenvalue weighted by Gasteiger charge is 2.12. The number of nitrogens with two attached hydrogens (primary N) is 1. The van der Waals surface area contributed by atoms with Gasteiger partial charge in [0.1, 0.15) is 0 Å². The zero-order valence-electron chi connectivity index (χ0n) is 11.5. The molecule has 0 aliphatic carbocycles. The summed E-state index contributed by atoms with van der Waals surface area (Å²) in [5, 5.41) is 0. The second-order valence-electron chi connectivity index (χ2n) is 4.56. The number of nitrogens with zero attached hydrogens (tertiary/aromatic N) is 1. The first-order chi connectivity index (χ1) is 8.69. The lowest BCUT2D eigenvalue weighted by atomic mass is 10.1. The number of carbonyl (C=O) groups is 1. The van der Waals surface area contributed by atoms with Crippen molar-refractivity contribution in [2.75, 3.05) is 12.3 Å². The Balaban J connectivity index is 2.56. The third-order valence-corrected chi connectivity index (χ3v) is 3.14. The minimum absolute atomic E-state index is 0.231. The number of para-hydroxylation sites is 1. The summed E-state index contributed by atoms with van der Waals surface area (Å²) in [7, 11) is 0. The summed E-state index contributed by atoms with van der Waals surface area (Å²) in [6, 6.07) is 7.74. The Morgan fingerprint density at radius 2 is 1.94 bits per heavy atom. The molecule has 0 aliphatic heterocycles. The monoisotopic (exact) mass is 248 g/mol. The molecular formula is C15H24N2O. The van der Waals surface area contributed by atoms with E-state index in [0.717, 1.165) is 37.1 Å². The topological polar surface area (TPSA) is 46.3 Å². The van der Waals surface area contributed by atoms with Crippen LogP contribution in [0.25, 0.3) is 0 Å². The van der Waals surface area contributed by atoms with Crippen molar-refractivity contribution in [1.29, 1.82) is 0 Å². The van der Waals surface area contributed by atoms with Crippen molar-refractivity contribution in [3.05, 3.63) is 29.8 Å². The van der Waals surface area contributed by atoms with Gasteiger partial charge < -0.3 is 10.6 Å². The highest BCUT2D eigenvalue weighted by atomic mass is 16.2. The maximum absolute atomic E-state index is 12.0. The molecule has 0 saturated carbocycles. The lowest BCUT2D eigenvalue weighted by molar-refractivity contribution is -0.131. The van der Waals surface area contributed by atoms with Crippen LogP contribution in [0, 0.1) is 0 Å². The van der Waals surface area contributed by atoms with Crippen molar-refractivity contribution in [3.8, 4) is 0 Å². The Kier molecular flexibility index (Phi) is 6.26. The highest BCUT2D eigenvalue weighted by Crippen LogP contribution is 2.14. The molecule has 0 heterocycles. The van der Waals surface area contributed by atoms with Crippen molar-refractivity contribution in [1.82, 2.24) is 4.90 Å². The van der Waals surface area contributed by atoms with E-state index in [1.54, 1.807) is 0 Å². The number of nitrogen functional groups attached to an aromatic ring is 1. The first-order valence-electron chi connectivity index (χ1n) is 6.80. The Morgan fingerprint density at radius 3 is 2.56 bits per heavy atom. The first kappa shape index (κ1) is 14.6. The second-order valence-corrected chi connectivity index (χ2v) is 4.56. The first-order valence-corrected chi connectivity index (χ1v) is 6.80. The molecule has 0 unspecified atom stereocenters. The summed E-state index contributed by atoms with van der Waals surface area (Å²) in [5.74, 6) is 0.231. The molecule has 1 aromatic rings. The molecule has 3 heteroatoms. The molecule has 3 nitrogen and oxygen atoms in total. The summed E-state index contributed by atoms with van der Waals surface area (Å²) in [6.07, 6.45) is 3.90. The van der Waals surface area contributed by atoms with Crippen molar-refractivity contribution in [2.24, 2.45) is 0 Å². The Bertz CT molecular complexity index is 377. The number of hydrogen-bond acceptors (Lipinski definition) is 2. The molecule has 0 atom stereocenters. The van der Waals surface area contributed by atoms with Crippen LogP contribution in [-0.4, -0.2) is 17.4 Å². The zero-order chi connectivity index (χ0) is 13.4. The van der Waals surface area contributed by atoms with Crippen LogP contribution in [0.1, 0.15) is 45.1 Å². The number of rotatable bonds is 7. The fraction of sp³-hybridized carbons (Fsp3) is 0.533. The summed E-state index contributed by atoms with van der Waals surface area (Å²) in [6.45, 7) is 5.51. The third-order valence-electron chi connectivity index (χ3n) is 3.14. The van der Waals surface area contributed by atoms with E-state index in [4.69, 9.17) is 5.73 Å². The van der Waals surface area contributed by atoms with Gasteiger partial charge in [0, 0.05) is 25.2 Å². The van der Waals surface area contributed by atoms with Crippen LogP contribution < -0.4 is 5.73 Å². The van der Waals surface area contributed by atoms with E-state index in [9.17, 15) is 4.79 Å². The lowest BCUT2D eigenvalue weighted by Gasteiger charge is -2.21. The van der Waals surface area contributed by atoms with E-state index in [1.807, 2.05) is 36.1 Å². The number of hydrogen-bond donors (Lipinski definition) is 1. The zero-order valence-corrected chi connectivity index (χ0v) is 11.5. The van der Waals surface area contributed by atoms with Crippen molar-refractivity contribution < 1.29 is 4.79 Å². The van der Waals surface area contributed by atoms with E-state index >= 15 is 0 Å². The van der Waals surface area contributed by atoms with E-state index < -0.39 is 0 Å². The van der Waals surface area contributed by atoms with Crippen LogP contribution in [0.5, 0.6) is 0 Å². The van der Waals surface area contributed by atoms with E-state index in [2.05, 4.69) is 6.92 Å². The molecule has 1 amide bonds. The third kappa shape index (κ3) is 4.40. The average Bonchev–Trinajstić information content (AvgIpc) is 2.38.